The Morgan fingerprint density at radius 1 is 1.36 bits per heavy atom. The van der Waals surface area contributed by atoms with Crippen LogP contribution in [0.5, 0.6) is 0 Å². The van der Waals surface area contributed by atoms with Gasteiger partial charge in [-0.05, 0) is 31.8 Å². The van der Waals surface area contributed by atoms with E-state index in [9.17, 15) is 14.7 Å². The largest absolute Gasteiger partial charge is 0.388 e. The van der Waals surface area contributed by atoms with Gasteiger partial charge in [0.1, 0.15) is 16.9 Å². The molecule has 0 spiro atoms. The number of hydrogen-bond donors (Lipinski definition) is 1. The topological polar surface area (TPSA) is 85.6 Å². The Kier molecular flexibility index (Phi) is 3.77. The van der Waals surface area contributed by atoms with E-state index in [-0.39, 0.29) is 28.9 Å². The molecular formula is C17H21ClN4O3. The predicted octanol–water partition coefficient (Wildman–Crippen LogP) is 1.12. The zero-order chi connectivity index (χ0) is 17.8. The third kappa shape index (κ3) is 3.00. The van der Waals surface area contributed by atoms with Crippen LogP contribution >= 0.6 is 11.6 Å². The van der Waals surface area contributed by atoms with Gasteiger partial charge in [-0.25, -0.2) is 9.98 Å². The molecule has 0 aromatic rings. The van der Waals surface area contributed by atoms with Crippen LogP contribution in [0.15, 0.2) is 21.2 Å². The highest BCUT2D eigenvalue weighted by Crippen LogP contribution is 2.47. The lowest BCUT2D eigenvalue weighted by Crippen LogP contribution is -2.55. The van der Waals surface area contributed by atoms with E-state index >= 15 is 0 Å². The molecule has 1 N–H and O–H groups in total. The number of carbonyl (C=O) groups is 2. The molecule has 4 rings (SSSR count). The lowest BCUT2D eigenvalue weighted by molar-refractivity contribution is -0.143. The average Bonchev–Trinajstić information content (AvgIpc) is 3.20. The van der Waals surface area contributed by atoms with E-state index in [1.807, 2.05) is 11.8 Å². The summed E-state index contributed by atoms with van der Waals surface area (Å²) in [6.07, 6.45) is 5.80. The minimum atomic E-state index is -1.01. The molecule has 1 atom stereocenters. The van der Waals surface area contributed by atoms with Crippen molar-refractivity contribution in [2.45, 2.75) is 38.2 Å². The van der Waals surface area contributed by atoms with Gasteiger partial charge in [0.15, 0.2) is 0 Å². The van der Waals surface area contributed by atoms with Crippen LogP contribution < -0.4 is 0 Å². The van der Waals surface area contributed by atoms with Gasteiger partial charge in [-0.2, -0.15) is 0 Å². The van der Waals surface area contributed by atoms with E-state index in [2.05, 4.69) is 9.98 Å². The molecule has 2 amide bonds. The molecule has 25 heavy (non-hydrogen) atoms. The smallest absolute Gasteiger partial charge is 0.242 e. The van der Waals surface area contributed by atoms with Crippen molar-refractivity contribution in [1.82, 2.24) is 9.80 Å². The van der Waals surface area contributed by atoms with Crippen molar-refractivity contribution in [3.05, 3.63) is 11.2 Å². The second-order valence-corrected chi connectivity index (χ2v) is 8.11. The highest BCUT2D eigenvalue weighted by molar-refractivity contribution is 6.32. The number of nitrogens with zero attached hydrogens (tertiary/aromatic N) is 4. The first-order chi connectivity index (χ1) is 11.8. The number of aliphatic hydroxyl groups is 1. The fourth-order valence-electron chi connectivity index (χ4n) is 3.59. The molecule has 134 valence electrons. The fourth-order valence-corrected chi connectivity index (χ4v) is 3.80. The molecule has 3 aliphatic heterocycles. The summed E-state index contributed by atoms with van der Waals surface area (Å²) in [4.78, 5) is 36.4. The zero-order valence-corrected chi connectivity index (χ0v) is 14.9. The van der Waals surface area contributed by atoms with Crippen molar-refractivity contribution in [2.24, 2.45) is 21.3 Å². The summed E-state index contributed by atoms with van der Waals surface area (Å²) in [6.45, 7) is 3.21. The Hall–Kier alpha value is -1.73. The second-order valence-electron chi connectivity index (χ2n) is 7.72. The van der Waals surface area contributed by atoms with Crippen molar-refractivity contribution >= 4 is 35.6 Å². The molecule has 1 saturated carbocycles. The van der Waals surface area contributed by atoms with Gasteiger partial charge in [0, 0.05) is 18.5 Å². The minimum absolute atomic E-state index is 0.171. The van der Waals surface area contributed by atoms with Gasteiger partial charge in [0.05, 0.1) is 18.5 Å². The molecule has 1 unspecified atom stereocenters. The Balaban J connectivity index is 1.39. The van der Waals surface area contributed by atoms with E-state index in [0.717, 1.165) is 12.8 Å². The normalized spacial score (nSPS) is 29.2. The number of fused-ring (bicyclic) bond motifs is 1. The van der Waals surface area contributed by atoms with Gasteiger partial charge in [-0.15, -0.1) is 0 Å². The Morgan fingerprint density at radius 3 is 2.68 bits per heavy atom. The van der Waals surface area contributed by atoms with Crippen LogP contribution in [0.4, 0.5) is 0 Å². The Morgan fingerprint density at radius 2 is 2.04 bits per heavy atom. The van der Waals surface area contributed by atoms with Crippen LogP contribution in [0.3, 0.4) is 0 Å². The summed E-state index contributed by atoms with van der Waals surface area (Å²) < 4.78 is 0. The second kappa shape index (κ2) is 5.64. The highest BCUT2D eigenvalue weighted by Gasteiger charge is 2.49. The number of amidine groups is 1. The number of aliphatic imine (C=N–C) groups is 2. The number of piperidine rings is 1. The van der Waals surface area contributed by atoms with Crippen LogP contribution in [0.1, 0.15) is 32.6 Å². The maximum atomic E-state index is 12.6. The molecule has 1 aliphatic carbocycles. The van der Waals surface area contributed by atoms with Crippen LogP contribution in [0.2, 0.25) is 0 Å². The van der Waals surface area contributed by atoms with Gasteiger partial charge < -0.3 is 10.0 Å². The van der Waals surface area contributed by atoms with E-state index in [1.54, 1.807) is 6.08 Å². The lowest BCUT2D eigenvalue weighted by atomic mass is 9.89. The number of rotatable bonds is 3. The van der Waals surface area contributed by atoms with Crippen molar-refractivity contribution in [1.29, 1.82) is 0 Å². The summed E-state index contributed by atoms with van der Waals surface area (Å²) in [7, 11) is 0. The Labute approximate surface area is 151 Å². The number of carbonyl (C=O) groups excluding carboxylic acids is 2. The monoisotopic (exact) mass is 364 g/mol. The van der Waals surface area contributed by atoms with Gasteiger partial charge in [-0.3, -0.25) is 14.5 Å². The maximum absolute atomic E-state index is 12.6. The third-order valence-corrected chi connectivity index (χ3v) is 5.86. The van der Waals surface area contributed by atoms with E-state index in [1.165, 1.54) is 11.2 Å². The molecule has 0 radical (unpaired) electrons. The van der Waals surface area contributed by atoms with Crippen molar-refractivity contribution in [3.63, 3.8) is 0 Å². The van der Waals surface area contributed by atoms with Gasteiger partial charge >= 0.3 is 0 Å². The number of hydrogen-bond acceptors (Lipinski definition) is 5. The number of halogens is 1. The summed E-state index contributed by atoms with van der Waals surface area (Å²) in [5.74, 6) is -0.146. The van der Waals surface area contributed by atoms with Crippen LogP contribution in [-0.4, -0.2) is 64.1 Å². The summed E-state index contributed by atoms with van der Waals surface area (Å²) >= 11 is 5.85. The molecule has 2 fully saturated rings. The van der Waals surface area contributed by atoms with E-state index in [4.69, 9.17) is 11.6 Å². The van der Waals surface area contributed by atoms with Crippen LogP contribution in [-0.2, 0) is 9.59 Å². The van der Waals surface area contributed by atoms with Gasteiger partial charge in [0.25, 0.3) is 0 Å². The number of β-amino-alcohol motifs (C(OH)–C–C–N with tert-alkyl or cyclic N) is 1. The number of amides is 2. The summed E-state index contributed by atoms with van der Waals surface area (Å²) in [5.41, 5.74) is -1.20. The molecule has 8 heteroatoms. The maximum Gasteiger partial charge on any atom is 0.242 e. The fraction of sp³-hybridized carbons (Fsp3) is 0.647. The molecule has 1 saturated heterocycles. The van der Waals surface area contributed by atoms with Crippen molar-refractivity contribution in [3.8, 4) is 0 Å². The zero-order valence-electron chi connectivity index (χ0n) is 14.1. The third-order valence-electron chi connectivity index (χ3n) is 5.64. The van der Waals surface area contributed by atoms with E-state index < -0.39 is 11.5 Å². The van der Waals surface area contributed by atoms with Crippen LogP contribution in [0.25, 0.3) is 0 Å². The molecule has 7 nitrogen and oxygen atoms in total. The highest BCUT2D eigenvalue weighted by atomic mass is 35.5. The SMILES string of the molecule is CC1(C(=O)N2CCC(O)(CN3C=NC4=NC(Cl)=CC4C3=O)CC2)CC1. The first kappa shape index (κ1) is 16.7. The van der Waals surface area contributed by atoms with E-state index in [0.29, 0.717) is 31.8 Å². The molecule has 0 bridgehead atoms. The predicted molar refractivity (Wildman–Crippen MR) is 93.2 cm³/mol. The Bertz CT molecular complexity index is 717. The quantitative estimate of drug-likeness (QED) is 0.761. The first-order valence-electron chi connectivity index (χ1n) is 8.62. The summed E-state index contributed by atoms with van der Waals surface area (Å²) in [6, 6.07) is 0. The first-order valence-corrected chi connectivity index (χ1v) is 9.00. The van der Waals surface area contributed by atoms with Crippen molar-refractivity contribution < 1.29 is 14.7 Å². The molecular weight excluding hydrogens is 344 g/mol. The molecule has 0 aromatic heterocycles. The molecule has 0 aromatic carbocycles. The summed E-state index contributed by atoms with van der Waals surface area (Å²) in [5, 5.41) is 11.2. The van der Waals surface area contributed by atoms with Crippen LogP contribution in [0, 0.1) is 11.3 Å². The standard InChI is InChI=1S/C17H21ClN4O3/c1-16(2-3-16)15(24)21-6-4-17(25,5-7-21)9-22-10-19-13-11(14(22)23)8-12(18)20-13/h8,10-11,25H,2-7,9H2,1H3. The number of likely N-dealkylation sites (tertiary alicyclic amines) is 1. The minimum Gasteiger partial charge on any atom is -0.388 e. The van der Waals surface area contributed by atoms with Crippen molar-refractivity contribution in [2.75, 3.05) is 19.6 Å². The lowest BCUT2D eigenvalue weighted by Gasteiger charge is -2.41. The van der Waals surface area contributed by atoms with Gasteiger partial charge in [-0.1, -0.05) is 18.5 Å². The average molecular weight is 365 g/mol. The molecule has 3 heterocycles. The molecule has 4 aliphatic rings. The van der Waals surface area contributed by atoms with Gasteiger partial charge in [0.2, 0.25) is 11.8 Å².